The van der Waals surface area contributed by atoms with Crippen molar-refractivity contribution in [2.45, 2.75) is 45.2 Å². The van der Waals surface area contributed by atoms with Gasteiger partial charge < -0.3 is 10.6 Å². The van der Waals surface area contributed by atoms with E-state index in [2.05, 4.69) is 23.6 Å². The van der Waals surface area contributed by atoms with E-state index in [-0.39, 0.29) is 5.91 Å². The number of nitrogens with one attached hydrogen (secondary N) is 2. The number of amides is 1. The number of carbonyl (C=O) groups excluding carboxylic acids is 1. The van der Waals surface area contributed by atoms with Crippen molar-refractivity contribution in [2.75, 3.05) is 6.54 Å². The lowest BCUT2D eigenvalue weighted by Gasteiger charge is -2.22. The Bertz CT molecular complexity index is 484. The van der Waals surface area contributed by atoms with Gasteiger partial charge in [0.2, 0.25) is 0 Å². The predicted molar refractivity (Wildman–Crippen MR) is 76.1 cm³/mol. The lowest BCUT2D eigenvalue weighted by atomic mass is 9.94. The molecular formula is C16H22N2O. The fraction of sp³-hybridized carbons (Fsp3) is 0.562. The van der Waals surface area contributed by atoms with Gasteiger partial charge in [-0.2, -0.15) is 0 Å². The van der Waals surface area contributed by atoms with Gasteiger partial charge in [0.25, 0.3) is 5.91 Å². The first-order chi connectivity index (χ1) is 9.25. The fourth-order valence-corrected chi connectivity index (χ4v) is 3.35. The molecule has 1 aliphatic heterocycles. The van der Waals surface area contributed by atoms with E-state index in [1.165, 1.54) is 24.0 Å². The topological polar surface area (TPSA) is 41.1 Å². The quantitative estimate of drug-likeness (QED) is 0.854. The van der Waals surface area contributed by atoms with Crippen molar-refractivity contribution in [1.29, 1.82) is 0 Å². The van der Waals surface area contributed by atoms with Gasteiger partial charge in [0.05, 0.1) is 0 Å². The SMILES string of the molecule is CC1CCCC1NC(=O)c1cccc2c1CCNC2. The average Bonchev–Trinajstić information content (AvgIpc) is 2.83. The van der Waals surface area contributed by atoms with E-state index in [9.17, 15) is 4.79 Å². The van der Waals surface area contributed by atoms with Crippen LogP contribution in [0.4, 0.5) is 0 Å². The second-order valence-electron chi connectivity index (χ2n) is 5.86. The third-order valence-electron chi connectivity index (χ3n) is 4.56. The van der Waals surface area contributed by atoms with Crippen LogP contribution in [0.2, 0.25) is 0 Å². The third kappa shape index (κ3) is 2.52. The van der Waals surface area contributed by atoms with Crippen molar-refractivity contribution in [3.05, 3.63) is 34.9 Å². The Labute approximate surface area is 114 Å². The highest BCUT2D eigenvalue weighted by Gasteiger charge is 2.26. The number of benzene rings is 1. The zero-order chi connectivity index (χ0) is 13.2. The summed E-state index contributed by atoms with van der Waals surface area (Å²) >= 11 is 0. The molecule has 19 heavy (non-hydrogen) atoms. The van der Waals surface area contributed by atoms with Crippen LogP contribution in [0.1, 0.15) is 47.7 Å². The van der Waals surface area contributed by atoms with Crippen LogP contribution in [0.15, 0.2) is 18.2 Å². The van der Waals surface area contributed by atoms with Gasteiger partial charge >= 0.3 is 0 Å². The predicted octanol–water partition coefficient (Wildman–Crippen LogP) is 2.25. The van der Waals surface area contributed by atoms with Crippen molar-refractivity contribution < 1.29 is 4.79 Å². The first-order valence-electron chi connectivity index (χ1n) is 7.38. The summed E-state index contributed by atoms with van der Waals surface area (Å²) in [5.41, 5.74) is 3.40. The second kappa shape index (κ2) is 5.33. The maximum absolute atomic E-state index is 12.5. The first kappa shape index (κ1) is 12.7. The smallest absolute Gasteiger partial charge is 0.251 e. The molecule has 0 saturated heterocycles. The number of carbonyl (C=O) groups is 1. The molecule has 2 atom stereocenters. The van der Waals surface area contributed by atoms with E-state index in [1.54, 1.807) is 0 Å². The van der Waals surface area contributed by atoms with Crippen molar-refractivity contribution in [3.63, 3.8) is 0 Å². The molecule has 2 aliphatic rings. The summed E-state index contributed by atoms with van der Waals surface area (Å²) in [5, 5.41) is 6.59. The Kier molecular flexibility index (Phi) is 3.56. The summed E-state index contributed by atoms with van der Waals surface area (Å²) in [4.78, 5) is 12.5. The highest BCUT2D eigenvalue weighted by Crippen LogP contribution is 2.26. The summed E-state index contributed by atoms with van der Waals surface area (Å²) in [5.74, 6) is 0.739. The molecule has 2 unspecified atom stereocenters. The number of hydrogen-bond donors (Lipinski definition) is 2. The zero-order valence-electron chi connectivity index (χ0n) is 11.5. The van der Waals surface area contributed by atoms with Crippen molar-refractivity contribution in [2.24, 2.45) is 5.92 Å². The van der Waals surface area contributed by atoms with Crippen LogP contribution in [0.5, 0.6) is 0 Å². The van der Waals surface area contributed by atoms with Crippen LogP contribution >= 0.6 is 0 Å². The molecular weight excluding hydrogens is 236 g/mol. The standard InChI is InChI=1S/C16H22N2O/c1-11-4-2-7-15(11)18-16(19)14-6-3-5-12-10-17-9-8-13(12)14/h3,5-6,11,15,17H,2,4,7-10H2,1H3,(H,18,19). The van der Waals surface area contributed by atoms with Gasteiger partial charge in [0.1, 0.15) is 0 Å². The van der Waals surface area contributed by atoms with Crippen LogP contribution in [0, 0.1) is 5.92 Å². The molecule has 1 aromatic rings. The lowest BCUT2D eigenvalue weighted by molar-refractivity contribution is 0.0928. The molecule has 0 aromatic heterocycles. The molecule has 1 amide bonds. The maximum atomic E-state index is 12.5. The molecule has 1 aliphatic carbocycles. The van der Waals surface area contributed by atoms with Gasteiger partial charge in [0.15, 0.2) is 0 Å². The van der Waals surface area contributed by atoms with E-state index in [0.717, 1.165) is 31.5 Å². The molecule has 3 heteroatoms. The number of hydrogen-bond acceptors (Lipinski definition) is 2. The second-order valence-corrected chi connectivity index (χ2v) is 5.86. The van der Waals surface area contributed by atoms with Crippen LogP contribution in [0.3, 0.4) is 0 Å². The Balaban J connectivity index is 1.80. The number of rotatable bonds is 2. The first-order valence-corrected chi connectivity index (χ1v) is 7.38. The van der Waals surface area contributed by atoms with Crippen LogP contribution < -0.4 is 10.6 Å². The van der Waals surface area contributed by atoms with Gasteiger partial charge in [0, 0.05) is 18.2 Å². The summed E-state index contributed by atoms with van der Waals surface area (Å²) in [6, 6.07) is 6.46. The third-order valence-corrected chi connectivity index (χ3v) is 4.56. The monoisotopic (exact) mass is 258 g/mol. The molecule has 1 aromatic carbocycles. The van der Waals surface area contributed by atoms with Gasteiger partial charge in [-0.1, -0.05) is 25.5 Å². The maximum Gasteiger partial charge on any atom is 0.251 e. The molecule has 0 spiro atoms. The molecule has 1 fully saturated rings. The molecule has 2 N–H and O–H groups in total. The molecule has 0 bridgehead atoms. The summed E-state index contributed by atoms with van der Waals surface area (Å²) in [6.45, 7) is 4.09. The highest BCUT2D eigenvalue weighted by atomic mass is 16.1. The average molecular weight is 258 g/mol. The van der Waals surface area contributed by atoms with Gasteiger partial charge in [-0.15, -0.1) is 0 Å². The molecule has 0 radical (unpaired) electrons. The zero-order valence-corrected chi connectivity index (χ0v) is 11.5. The highest BCUT2D eigenvalue weighted by molar-refractivity contribution is 5.96. The lowest BCUT2D eigenvalue weighted by Crippen LogP contribution is -2.37. The van der Waals surface area contributed by atoms with Crippen molar-refractivity contribution in [1.82, 2.24) is 10.6 Å². The van der Waals surface area contributed by atoms with E-state index in [0.29, 0.717) is 12.0 Å². The normalized spacial score (nSPS) is 25.9. The fourth-order valence-electron chi connectivity index (χ4n) is 3.35. The van der Waals surface area contributed by atoms with E-state index < -0.39 is 0 Å². The Morgan fingerprint density at radius 3 is 3.05 bits per heavy atom. The molecule has 3 rings (SSSR count). The number of fused-ring (bicyclic) bond motifs is 1. The summed E-state index contributed by atoms with van der Waals surface area (Å²) < 4.78 is 0. The van der Waals surface area contributed by atoms with Gasteiger partial charge in [-0.25, -0.2) is 0 Å². The molecule has 3 nitrogen and oxygen atoms in total. The van der Waals surface area contributed by atoms with Crippen LogP contribution in [-0.2, 0) is 13.0 Å². The van der Waals surface area contributed by atoms with E-state index >= 15 is 0 Å². The largest absolute Gasteiger partial charge is 0.349 e. The minimum absolute atomic E-state index is 0.123. The molecule has 1 heterocycles. The molecule has 102 valence electrons. The van der Waals surface area contributed by atoms with E-state index in [4.69, 9.17) is 0 Å². The van der Waals surface area contributed by atoms with Crippen LogP contribution in [0.25, 0.3) is 0 Å². The van der Waals surface area contributed by atoms with Gasteiger partial charge in [-0.05, 0) is 48.9 Å². The Morgan fingerprint density at radius 2 is 2.26 bits per heavy atom. The van der Waals surface area contributed by atoms with E-state index in [1.807, 2.05) is 12.1 Å². The minimum Gasteiger partial charge on any atom is -0.349 e. The van der Waals surface area contributed by atoms with Gasteiger partial charge in [-0.3, -0.25) is 4.79 Å². The Morgan fingerprint density at radius 1 is 1.37 bits per heavy atom. The van der Waals surface area contributed by atoms with Crippen molar-refractivity contribution >= 4 is 5.91 Å². The summed E-state index contributed by atoms with van der Waals surface area (Å²) in [7, 11) is 0. The summed E-state index contributed by atoms with van der Waals surface area (Å²) in [6.07, 6.45) is 4.56. The minimum atomic E-state index is 0.123. The van der Waals surface area contributed by atoms with Crippen LogP contribution in [-0.4, -0.2) is 18.5 Å². The van der Waals surface area contributed by atoms with Crippen molar-refractivity contribution in [3.8, 4) is 0 Å². The Hall–Kier alpha value is -1.35. The molecule has 1 saturated carbocycles.